The molecule has 0 fully saturated rings. The van der Waals surface area contributed by atoms with E-state index < -0.39 is 5.97 Å². The normalized spacial score (nSPS) is 10.7. The van der Waals surface area contributed by atoms with E-state index in [4.69, 9.17) is 16.2 Å². The molecule has 4 rings (SSSR count). The Morgan fingerprint density at radius 2 is 1.74 bits per heavy atom. The van der Waals surface area contributed by atoms with E-state index in [1.165, 1.54) is 16.2 Å². The summed E-state index contributed by atoms with van der Waals surface area (Å²) in [5.74, 6) is -1.21. The van der Waals surface area contributed by atoms with Crippen LogP contribution in [-0.2, 0) is 11.3 Å². The summed E-state index contributed by atoms with van der Waals surface area (Å²) in [6.45, 7) is 0.585. The smallest absolute Gasteiger partial charge is 0.305 e. The minimum atomic E-state index is -0.961. The summed E-state index contributed by atoms with van der Waals surface area (Å²) in [5, 5.41) is 20.7. The van der Waals surface area contributed by atoms with Gasteiger partial charge in [0.15, 0.2) is 0 Å². The zero-order chi connectivity index (χ0) is 24.1. The van der Waals surface area contributed by atoms with Crippen molar-refractivity contribution in [2.45, 2.75) is 13.0 Å². The van der Waals surface area contributed by atoms with Gasteiger partial charge in [-0.3, -0.25) is 15.0 Å². The van der Waals surface area contributed by atoms with Crippen LogP contribution in [0.5, 0.6) is 0 Å². The zero-order valence-corrected chi connectivity index (χ0v) is 19.0. The molecular formula is C25H23N5O3S. The van der Waals surface area contributed by atoms with Gasteiger partial charge in [0, 0.05) is 29.0 Å². The van der Waals surface area contributed by atoms with E-state index in [0.717, 1.165) is 15.4 Å². The number of carboxylic acids is 1. The van der Waals surface area contributed by atoms with Gasteiger partial charge >= 0.3 is 5.97 Å². The monoisotopic (exact) mass is 473 g/mol. The maximum atomic E-state index is 13.3. The maximum absolute atomic E-state index is 13.3. The summed E-state index contributed by atoms with van der Waals surface area (Å²) in [6, 6.07) is 21.7. The van der Waals surface area contributed by atoms with Crippen molar-refractivity contribution in [1.29, 1.82) is 5.41 Å². The molecule has 1 amide bonds. The Kier molecular flexibility index (Phi) is 6.84. The largest absolute Gasteiger partial charge is 0.481 e. The van der Waals surface area contributed by atoms with Gasteiger partial charge in [0.1, 0.15) is 10.8 Å². The van der Waals surface area contributed by atoms with Crippen molar-refractivity contribution in [3.8, 4) is 0 Å². The topological polar surface area (TPSA) is 132 Å². The summed E-state index contributed by atoms with van der Waals surface area (Å²) in [7, 11) is 0. The number of nitrogens with one attached hydrogen (secondary N) is 2. The molecule has 3 aromatic carbocycles. The molecule has 4 aromatic rings. The zero-order valence-electron chi connectivity index (χ0n) is 18.2. The third-order valence-corrected chi connectivity index (χ3v) is 6.22. The number of amidine groups is 1. The van der Waals surface area contributed by atoms with E-state index in [9.17, 15) is 9.59 Å². The van der Waals surface area contributed by atoms with E-state index in [-0.39, 0.29) is 24.7 Å². The van der Waals surface area contributed by atoms with Crippen molar-refractivity contribution in [3.63, 3.8) is 0 Å². The number of hydrogen-bond acceptors (Lipinski definition) is 6. The molecule has 9 heteroatoms. The van der Waals surface area contributed by atoms with Crippen LogP contribution in [0.2, 0.25) is 0 Å². The fourth-order valence-corrected chi connectivity index (χ4v) is 4.34. The van der Waals surface area contributed by atoms with Gasteiger partial charge in [-0.25, -0.2) is 4.98 Å². The van der Waals surface area contributed by atoms with Gasteiger partial charge in [-0.15, -0.1) is 11.3 Å². The number of carbonyl (C=O) groups excluding carboxylic acids is 1. The molecule has 1 aromatic heterocycles. The molecule has 1 heterocycles. The molecule has 0 aliphatic rings. The van der Waals surface area contributed by atoms with Gasteiger partial charge in [-0.05, 0) is 54.6 Å². The lowest BCUT2D eigenvalue weighted by Gasteiger charge is -2.22. The second-order valence-corrected chi connectivity index (χ2v) is 8.69. The molecule has 0 bridgehead atoms. The van der Waals surface area contributed by atoms with E-state index in [1.807, 2.05) is 36.4 Å². The third-order valence-electron chi connectivity index (χ3n) is 5.18. The molecule has 5 N–H and O–H groups in total. The molecule has 34 heavy (non-hydrogen) atoms. The lowest BCUT2D eigenvalue weighted by molar-refractivity contribution is -0.136. The Morgan fingerprint density at radius 1 is 1.03 bits per heavy atom. The fourth-order valence-electron chi connectivity index (χ4n) is 3.45. The molecule has 0 spiro atoms. The summed E-state index contributed by atoms with van der Waals surface area (Å²) in [6.07, 6.45) is -0.150. The van der Waals surface area contributed by atoms with Gasteiger partial charge in [0.25, 0.3) is 5.91 Å². The number of para-hydroxylation sites is 1. The number of benzene rings is 3. The highest BCUT2D eigenvalue weighted by atomic mass is 32.1. The van der Waals surface area contributed by atoms with Crippen LogP contribution in [0.1, 0.15) is 27.3 Å². The fraction of sp³-hybridized carbons (Fsp3) is 0.120. The van der Waals surface area contributed by atoms with Crippen LogP contribution >= 0.6 is 11.3 Å². The van der Waals surface area contributed by atoms with Gasteiger partial charge in [0.05, 0.1) is 23.2 Å². The molecule has 0 saturated carbocycles. The average Bonchev–Trinajstić information content (AvgIpc) is 3.25. The standard InChI is InChI=1S/C25H23N5O3S/c26-24(27)16-6-9-18(10-7-16)28-15-22-29-20-14-17(8-11-21(20)34-22)25(33)30(13-12-23(31)32)19-4-2-1-3-5-19/h1-11,14,28H,12-13,15H2,(H3,26,27)(H,31,32). The van der Waals surface area contributed by atoms with E-state index >= 15 is 0 Å². The predicted molar refractivity (Wildman–Crippen MR) is 135 cm³/mol. The first kappa shape index (κ1) is 22.9. The number of nitrogens with two attached hydrogens (primary N) is 1. The average molecular weight is 474 g/mol. The second kappa shape index (κ2) is 10.1. The van der Waals surface area contributed by atoms with Crippen LogP contribution in [0, 0.1) is 5.41 Å². The van der Waals surface area contributed by atoms with Crippen molar-refractivity contribution >= 4 is 50.6 Å². The van der Waals surface area contributed by atoms with Gasteiger partial charge in [-0.2, -0.15) is 0 Å². The SMILES string of the molecule is N=C(N)c1ccc(NCc2nc3cc(C(=O)N(CCC(=O)O)c4ccccc4)ccc3s2)cc1. The molecule has 0 radical (unpaired) electrons. The Labute approximate surface area is 200 Å². The number of amides is 1. The number of fused-ring (bicyclic) bond motifs is 1. The van der Waals surface area contributed by atoms with Crippen molar-refractivity contribution in [2.24, 2.45) is 5.73 Å². The number of rotatable bonds is 9. The van der Waals surface area contributed by atoms with Crippen molar-refractivity contribution in [2.75, 3.05) is 16.8 Å². The highest BCUT2D eigenvalue weighted by Crippen LogP contribution is 2.26. The van der Waals surface area contributed by atoms with Crippen LogP contribution in [0.15, 0.2) is 72.8 Å². The van der Waals surface area contributed by atoms with Crippen LogP contribution in [0.3, 0.4) is 0 Å². The maximum Gasteiger partial charge on any atom is 0.305 e. The summed E-state index contributed by atoms with van der Waals surface area (Å²) in [5.41, 5.74) is 8.85. The minimum Gasteiger partial charge on any atom is -0.481 e. The summed E-state index contributed by atoms with van der Waals surface area (Å²) in [4.78, 5) is 30.5. The lowest BCUT2D eigenvalue weighted by atomic mass is 10.1. The van der Waals surface area contributed by atoms with E-state index in [2.05, 4.69) is 10.3 Å². The summed E-state index contributed by atoms with van der Waals surface area (Å²) >= 11 is 1.53. The summed E-state index contributed by atoms with van der Waals surface area (Å²) < 4.78 is 0.956. The Balaban J connectivity index is 1.51. The molecule has 0 atom stereocenters. The molecule has 0 aliphatic heterocycles. The lowest BCUT2D eigenvalue weighted by Crippen LogP contribution is -2.33. The highest BCUT2D eigenvalue weighted by Gasteiger charge is 2.19. The number of aliphatic carboxylic acids is 1. The first-order valence-electron chi connectivity index (χ1n) is 10.6. The number of aromatic nitrogens is 1. The molecule has 8 nitrogen and oxygen atoms in total. The number of thiazole rings is 1. The van der Waals surface area contributed by atoms with Crippen LogP contribution < -0.4 is 16.0 Å². The van der Waals surface area contributed by atoms with Crippen LogP contribution in [0.25, 0.3) is 10.2 Å². The van der Waals surface area contributed by atoms with Gasteiger partial charge in [-0.1, -0.05) is 18.2 Å². The number of anilines is 2. The highest BCUT2D eigenvalue weighted by molar-refractivity contribution is 7.18. The Hall–Kier alpha value is -4.24. The second-order valence-electron chi connectivity index (χ2n) is 7.57. The van der Waals surface area contributed by atoms with E-state index in [0.29, 0.717) is 28.9 Å². The van der Waals surface area contributed by atoms with Crippen molar-refractivity contribution in [1.82, 2.24) is 4.98 Å². The van der Waals surface area contributed by atoms with Crippen LogP contribution in [0.4, 0.5) is 11.4 Å². The third kappa shape index (κ3) is 5.38. The first-order chi connectivity index (χ1) is 16.4. The quantitative estimate of drug-likeness (QED) is 0.211. The Morgan fingerprint density at radius 3 is 2.41 bits per heavy atom. The molecule has 0 saturated heterocycles. The van der Waals surface area contributed by atoms with Gasteiger partial charge in [0.2, 0.25) is 0 Å². The molecule has 0 unspecified atom stereocenters. The number of hydrogen-bond donors (Lipinski definition) is 4. The molecule has 172 valence electrons. The molecular weight excluding hydrogens is 450 g/mol. The number of nitrogens with zero attached hydrogens (tertiary/aromatic N) is 2. The predicted octanol–water partition coefficient (Wildman–Crippen LogP) is 4.31. The van der Waals surface area contributed by atoms with Crippen LogP contribution in [-0.4, -0.2) is 34.3 Å². The van der Waals surface area contributed by atoms with Gasteiger partial charge < -0.3 is 21.1 Å². The van der Waals surface area contributed by atoms with Crippen molar-refractivity contribution in [3.05, 3.63) is 88.9 Å². The first-order valence-corrected chi connectivity index (χ1v) is 11.4. The number of carbonyl (C=O) groups is 2. The number of carboxylic acid groups (broad SMARTS) is 1. The number of nitrogen functional groups attached to an aromatic ring is 1. The Bertz CT molecular complexity index is 1340. The molecule has 0 aliphatic carbocycles. The minimum absolute atomic E-state index is 0.0249. The van der Waals surface area contributed by atoms with Crippen molar-refractivity contribution < 1.29 is 14.7 Å². The van der Waals surface area contributed by atoms with E-state index in [1.54, 1.807) is 36.4 Å².